The molecule has 0 aliphatic carbocycles. The largest absolute Gasteiger partial charge is 0.493 e. The van der Waals surface area contributed by atoms with Crippen LogP contribution in [0.25, 0.3) is 0 Å². The number of ether oxygens (including phenoxy) is 2. The second-order valence-electron chi connectivity index (χ2n) is 8.86. The van der Waals surface area contributed by atoms with Crippen LogP contribution in [0.2, 0.25) is 0 Å². The lowest BCUT2D eigenvalue weighted by Crippen LogP contribution is -2.37. The molecule has 0 bridgehead atoms. The average Bonchev–Trinajstić information content (AvgIpc) is 3.42. The highest BCUT2D eigenvalue weighted by Gasteiger charge is 2.35. The number of nitrogens with two attached hydrogens (primary N) is 1. The Morgan fingerprint density at radius 2 is 1.84 bits per heavy atom. The Hall–Kier alpha value is -4.53. The van der Waals surface area contributed by atoms with Crippen molar-refractivity contribution < 1.29 is 24.2 Å². The van der Waals surface area contributed by atoms with Crippen molar-refractivity contribution in [1.29, 1.82) is 5.41 Å². The molecule has 1 unspecified atom stereocenters. The molecule has 192 valence electrons. The summed E-state index contributed by atoms with van der Waals surface area (Å²) in [7, 11) is 1.54. The van der Waals surface area contributed by atoms with Gasteiger partial charge in [0, 0.05) is 24.3 Å². The number of benzene rings is 3. The Labute approximate surface area is 215 Å². The van der Waals surface area contributed by atoms with Crippen LogP contribution in [0.3, 0.4) is 0 Å². The van der Waals surface area contributed by atoms with Gasteiger partial charge >= 0.3 is 5.97 Å². The lowest BCUT2D eigenvalue weighted by molar-refractivity contribution is -0.141. The summed E-state index contributed by atoms with van der Waals surface area (Å²) < 4.78 is 11.5. The average molecular weight is 503 g/mol. The fourth-order valence-electron chi connectivity index (χ4n) is 4.26. The zero-order valence-corrected chi connectivity index (χ0v) is 20.5. The van der Waals surface area contributed by atoms with Crippen LogP contribution < -0.4 is 20.5 Å². The standard InChI is InChI=1S/C28H30N4O5/c1-36-24-15-20(9-12-23(24)37-17-18-5-3-2-4-6-18)25(27(33)32-14-13-21(16-32)28(34)35)31-22-10-7-19(8-11-22)26(29)30/h2-12,15,21,25,31H,13-14,16-17H2,1H3,(H3,29,30)(H,34,35)/t21-,25?/m1/s1. The van der Waals surface area contributed by atoms with Gasteiger partial charge in [-0.15, -0.1) is 0 Å². The first-order valence-corrected chi connectivity index (χ1v) is 11.9. The van der Waals surface area contributed by atoms with Gasteiger partial charge in [0.15, 0.2) is 11.5 Å². The van der Waals surface area contributed by atoms with Crippen molar-refractivity contribution >= 4 is 23.4 Å². The number of likely N-dealkylation sites (tertiary alicyclic amines) is 1. The number of anilines is 1. The van der Waals surface area contributed by atoms with Crippen molar-refractivity contribution in [2.45, 2.75) is 19.1 Å². The van der Waals surface area contributed by atoms with Crippen LogP contribution in [0.4, 0.5) is 5.69 Å². The number of methoxy groups -OCH3 is 1. The molecule has 3 aromatic rings. The first-order valence-electron chi connectivity index (χ1n) is 11.9. The Morgan fingerprint density at radius 1 is 1.11 bits per heavy atom. The first kappa shape index (κ1) is 25.6. The molecule has 1 aliphatic rings. The van der Waals surface area contributed by atoms with Gasteiger partial charge in [0.2, 0.25) is 5.91 Å². The molecule has 4 rings (SSSR count). The summed E-state index contributed by atoms with van der Waals surface area (Å²) in [4.78, 5) is 26.7. The monoisotopic (exact) mass is 502 g/mol. The quantitative estimate of drug-likeness (QED) is 0.245. The van der Waals surface area contributed by atoms with Gasteiger partial charge in [-0.3, -0.25) is 15.0 Å². The number of amides is 1. The van der Waals surface area contributed by atoms with Gasteiger partial charge < -0.3 is 30.5 Å². The number of nitrogen functional groups attached to an aromatic ring is 1. The van der Waals surface area contributed by atoms with Gasteiger partial charge in [0.25, 0.3) is 0 Å². The highest BCUT2D eigenvalue weighted by Crippen LogP contribution is 2.34. The highest BCUT2D eigenvalue weighted by atomic mass is 16.5. The number of nitrogens with zero attached hydrogens (tertiary/aromatic N) is 1. The first-order chi connectivity index (χ1) is 17.9. The molecule has 1 fully saturated rings. The minimum absolute atomic E-state index is 0.0493. The number of carbonyl (C=O) groups excluding carboxylic acids is 1. The molecule has 3 aromatic carbocycles. The van der Waals surface area contributed by atoms with Crippen molar-refractivity contribution in [2.75, 3.05) is 25.5 Å². The van der Waals surface area contributed by atoms with E-state index in [0.29, 0.717) is 47.9 Å². The van der Waals surface area contributed by atoms with Crippen LogP contribution in [-0.2, 0) is 16.2 Å². The number of carboxylic acids is 1. The lowest BCUT2D eigenvalue weighted by Gasteiger charge is -2.26. The van der Waals surface area contributed by atoms with E-state index in [2.05, 4.69) is 5.32 Å². The van der Waals surface area contributed by atoms with Gasteiger partial charge in [0.1, 0.15) is 18.5 Å². The van der Waals surface area contributed by atoms with E-state index in [9.17, 15) is 14.7 Å². The van der Waals surface area contributed by atoms with Gasteiger partial charge in [-0.05, 0) is 53.9 Å². The molecule has 9 heteroatoms. The second kappa shape index (κ2) is 11.5. The molecule has 2 atom stereocenters. The number of amidine groups is 1. The third-order valence-electron chi connectivity index (χ3n) is 6.36. The maximum atomic E-state index is 13.6. The fraction of sp³-hybridized carbons (Fsp3) is 0.250. The van der Waals surface area contributed by atoms with Gasteiger partial charge in [0.05, 0.1) is 13.0 Å². The van der Waals surface area contributed by atoms with Crippen LogP contribution in [0, 0.1) is 11.3 Å². The zero-order chi connectivity index (χ0) is 26.4. The lowest BCUT2D eigenvalue weighted by atomic mass is 10.0. The van der Waals surface area contributed by atoms with Crippen LogP contribution in [0.5, 0.6) is 11.5 Å². The van der Waals surface area contributed by atoms with Gasteiger partial charge in [-0.2, -0.15) is 0 Å². The Balaban J connectivity index is 1.60. The molecule has 1 aliphatic heterocycles. The third-order valence-corrected chi connectivity index (χ3v) is 6.36. The number of carbonyl (C=O) groups is 2. The van der Waals surface area contributed by atoms with Crippen molar-refractivity contribution in [1.82, 2.24) is 4.90 Å². The van der Waals surface area contributed by atoms with E-state index in [1.807, 2.05) is 30.3 Å². The van der Waals surface area contributed by atoms with E-state index in [0.717, 1.165) is 5.56 Å². The van der Waals surface area contributed by atoms with Gasteiger partial charge in [-0.25, -0.2) is 0 Å². The molecule has 0 spiro atoms. The summed E-state index contributed by atoms with van der Waals surface area (Å²) >= 11 is 0. The van der Waals surface area contributed by atoms with E-state index in [4.69, 9.17) is 20.6 Å². The number of aliphatic carboxylic acids is 1. The third kappa shape index (κ3) is 6.19. The summed E-state index contributed by atoms with van der Waals surface area (Å²) in [5.74, 6) is -0.751. The summed E-state index contributed by atoms with van der Waals surface area (Å²) in [6, 6.07) is 21.2. The number of rotatable bonds is 10. The van der Waals surface area contributed by atoms with E-state index in [-0.39, 0.29) is 18.3 Å². The molecule has 1 amide bonds. The van der Waals surface area contributed by atoms with Crippen molar-refractivity contribution in [2.24, 2.45) is 11.7 Å². The van der Waals surface area contributed by atoms with Crippen molar-refractivity contribution in [3.8, 4) is 11.5 Å². The summed E-state index contributed by atoms with van der Waals surface area (Å²) in [5, 5.41) is 20.3. The topological polar surface area (TPSA) is 138 Å². The minimum Gasteiger partial charge on any atom is -0.493 e. The van der Waals surface area contributed by atoms with Crippen molar-refractivity contribution in [3.63, 3.8) is 0 Å². The summed E-state index contributed by atoms with van der Waals surface area (Å²) in [6.45, 7) is 0.891. The van der Waals surface area contributed by atoms with Crippen LogP contribution in [0.1, 0.15) is 29.2 Å². The normalized spacial score (nSPS) is 15.6. The highest BCUT2D eigenvalue weighted by molar-refractivity contribution is 5.95. The summed E-state index contributed by atoms with van der Waals surface area (Å²) in [5.41, 5.74) is 8.44. The molecule has 37 heavy (non-hydrogen) atoms. The van der Waals surface area contributed by atoms with Gasteiger partial charge in [-0.1, -0.05) is 36.4 Å². The Bertz CT molecular complexity index is 1260. The maximum Gasteiger partial charge on any atom is 0.308 e. The van der Waals surface area contributed by atoms with Crippen LogP contribution in [-0.4, -0.2) is 47.9 Å². The van der Waals surface area contributed by atoms with Crippen LogP contribution >= 0.6 is 0 Å². The number of hydrogen-bond acceptors (Lipinski definition) is 6. The van der Waals surface area contributed by atoms with Crippen LogP contribution in [0.15, 0.2) is 72.8 Å². The minimum atomic E-state index is -0.902. The maximum absolute atomic E-state index is 13.6. The van der Waals surface area contributed by atoms with Crippen molar-refractivity contribution in [3.05, 3.63) is 89.5 Å². The molecule has 5 N–H and O–H groups in total. The zero-order valence-electron chi connectivity index (χ0n) is 20.5. The number of carboxylic acid groups (broad SMARTS) is 1. The summed E-state index contributed by atoms with van der Waals surface area (Å²) in [6.07, 6.45) is 0.413. The molecular weight excluding hydrogens is 472 g/mol. The van der Waals surface area contributed by atoms with E-state index in [1.165, 1.54) is 7.11 Å². The molecule has 0 saturated carbocycles. The number of hydrogen-bond donors (Lipinski definition) is 4. The fourth-order valence-corrected chi connectivity index (χ4v) is 4.26. The van der Waals surface area contributed by atoms with E-state index >= 15 is 0 Å². The smallest absolute Gasteiger partial charge is 0.308 e. The Morgan fingerprint density at radius 3 is 2.46 bits per heavy atom. The Kier molecular flexibility index (Phi) is 7.92. The predicted octanol–water partition coefficient (Wildman–Crippen LogP) is 3.64. The molecule has 0 radical (unpaired) electrons. The van der Waals surface area contributed by atoms with E-state index < -0.39 is 17.9 Å². The molecular formula is C28H30N4O5. The predicted molar refractivity (Wildman–Crippen MR) is 140 cm³/mol. The molecule has 9 nitrogen and oxygen atoms in total. The molecule has 1 saturated heterocycles. The molecule has 1 heterocycles. The SMILES string of the molecule is COc1cc(C(Nc2ccc(C(=N)N)cc2)C(=O)N2CC[C@@H](C(=O)O)C2)ccc1OCc1ccccc1. The molecule has 0 aromatic heterocycles. The number of nitrogens with one attached hydrogen (secondary N) is 2. The van der Waals surface area contributed by atoms with E-state index in [1.54, 1.807) is 47.4 Å². The second-order valence-corrected chi connectivity index (χ2v) is 8.86.